The number of hydrogen-bond donors (Lipinski definition) is 0. The molecule has 3 nitrogen and oxygen atoms in total. The molecule has 3 aliphatic rings. The van der Waals surface area contributed by atoms with Crippen LogP contribution in [0.3, 0.4) is 0 Å². The lowest BCUT2D eigenvalue weighted by atomic mass is 9.76. The summed E-state index contributed by atoms with van der Waals surface area (Å²) < 4.78 is 6.20. The van der Waals surface area contributed by atoms with Gasteiger partial charge in [0.15, 0.2) is 0 Å². The zero-order valence-corrected chi connectivity index (χ0v) is 16.0. The zero-order valence-electron chi connectivity index (χ0n) is 16.0. The Hall–Kier alpha value is -2.13. The highest BCUT2D eigenvalue weighted by atomic mass is 16.5. The van der Waals surface area contributed by atoms with Crippen molar-refractivity contribution in [1.82, 2.24) is 4.90 Å². The van der Waals surface area contributed by atoms with Gasteiger partial charge in [-0.2, -0.15) is 0 Å². The molecule has 3 heteroatoms. The minimum atomic E-state index is -0.784. The average Bonchev–Trinajstić information content (AvgIpc) is 3.47. The van der Waals surface area contributed by atoms with Crippen molar-refractivity contribution >= 4 is 5.97 Å². The molecule has 0 amide bonds. The number of esters is 1. The predicted molar refractivity (Wildman–Crippen MR) is 105 cm³/mol. The van der Waals surface area contributed by atoms with E-state index in [1.807, 2.05) is 67.6 Å². The summed E-state index contributed by atoms with van der Waals surface area (Å²) >= 11 is 0. The number of carbonyl (C=O) groups is 1. The quantitative estimate of drug-likeness (QED) is 0.771. The third-order valence-corrected chi connectivity index (χ3v) is 7.32. The lowest BCUT2D eigenvalue weighted by Gasteiger charge is -2.40. The number of piperidine rings is 2. The lowest BCUT2D eigenvalue weighted by molar-refractivity contribution is -0.157. The Morgan fingerprint density at radius 2 is 1.37 bits per heavy atom. The summed E-state index contributed by atoms with van der Waals surface area (Å²) in [6.07, 6.45) is 3.40. The number of nitrogens with zero attached hydrogens (tertiary/aromatic N) is 1. The molecule has 2 aromatic rings. The van der Waals surface area contributed by atoms with E-state index in [-0.39, 0.29) is 12.1 Å². The van der Waals surface area contributed by atoms with Crippen LogP contribution in [0.25, 0.3) is 0 Å². The Labute approximate surface area is 161 Å². The molecule has 5 atom stereocenters. The Balaban J connectivity index is 1.42. The number of ether oxygens (including phenoxy) is 1. The van der Waals surface area contributed by atoms with Gasteiger partial charge in [0.05, 0.1) is 0 Å². The molecule has 2 aromatic carbocycles. The van der Waals surface area contributed by atoms with Crippen molar-refractivity contribution in [2.75, 3.05) is 7.05 Å². The van der Waals surface area contributed by atoms with Crippen molar-refractivity contribution in [2.24, 2.45) is 11.8 Å². The molecule has 5 rings (SSSR count). The highest BCUT2D eigenvalue weighted by Gasteiger charge is 2.60. The number of benzene rings is 2. The van der Waals surface area contributed by atoms with Gasteiger partial charge >= 0.3 is 5.97 Å². The van der Waals surface area contributed by atoms with E-state index in [9.17, 15) is 4.79 Å². The average molecular weight is 361 g/mol. The molecule has 1 saturated carbocycles. The van der Waals surface area contributed by atoms with Crippen molar-refractivity contribution in [2.45, 2.75) is 49.8 Å². The van der Waals surface area contributed by atoms with Gasteiger partial charge in [-0.15, -0.1) is 0 Å². The SMILES string of the molecule is CN1C2CC(OC(=O)C(C)(c3ccccc3)c3ccccc3)C[C@H]1[C@H]1CC21. The largest absolute Gasteiger partial charge is 0.461 e. The molecule has 27 heavy (non-hydrogen) atoms. The first kappa shape index (κ1) is 17.0. The van der Waals surface area contributed by atoms with Crippen LogP contribution in [0.15, 0.2) is 60.7 Å². The van der Waals surface area contributed by atoms with E-state index in [1.165, 1.54) is 6.42 Å². The molecule has 1 aliphatic carbocycles. The van der Waals surface area contributed by atoms with Crippen LogP contribution in [0.2, 0.25) is 0 Å². The van der Waals surface area contributed by atoms with Gasteiger partial charge in [0.2, 0.25) is 0 Å². The standard InChI is InChI=1S/C24H27NO2/c1-24(16-9-5-3-6-10-16,17-11-7-4-8-12-17)23(26)27-18-13-21-19-15-20(19)22(14-18)25(21)2/h3-12,18-22H,13-15H2,1-2H3/t18?,19-,20?,21-,22?/m0/s1. The van der Waals surface area contributed by atoms with Crippen molar-refractivity contribution in [1.29, 1.82) is 0 Å². The van der Waals surface area contributed by atoms with Crippen LogP contribution in [0.1, 0.15) is 37.3 Å². The van der Waals surface area contributed by atoms with Crippen molar-refractivity contribution in [3.8, 4) is 0 Å². The first-order chi connectivity index (χ1) is 13.1. The highest BCUT2D eigenvalue weighted by Crippen LogP contribution is 2.58. The fourth-order valence-corrected chi connectivity index (χ4v) is 5.60. The molecule has 2 bridgehead atoms. The lowest BCUT2D eigenvalue weighted by Crippen LogP contribution is -2.48. The molecular weight excluding hydrogens is 334 g/mol. The van der Waals surface area contributed by atoms with Crippen LogP contribution in [0, 0.1) is 11.8 Å². The van der Waals surface area contributed by atoms with Gasteiger partial charge in [0, 0.05) is 24.9 Å². The fraction of sp³-hybridized carbons (Fsp3) is 0.458. The smallest absolute Gasteiger partial charge is 0.321 e. The summed E-state index contributed by atoms with van der Waals surface area (Å²) in [6, 6.07) is 21.3. The predicted octanol–water partition coefficient (Wildman–Crippen LogP) is 4.02. The maximum atomic E-state index is 13.5. The van der Waals surface area contributed by atoms with E-state index in [0.29, 0.717) is 12.1 Å². The molecule has 2 aliphatic heterocycles. The topological polar surface area (TPSA) is 29.5 Å². The number of carbonyl (C=O) groups excluding carboxylic acids is 1. The first-order valence-electron chi connectivity index (χ1n) is 10.1. The monoisotopic (exact) mass is 361 g/mol. The van der Waals surface area contributed by atoms with Gasteiger partial charge in [0.1, 0.15) is 11.5 Å². The van der Waals surface area contributed by atoms with Crippen LogP contribution in [0.5, 0.6) is 0 Å². The molecule has 0 aromatic heterocycles. The summed E-state index contributed by atoms with van der Waals surface area (Å²) in [6.45, 7) is 2.00. The third-order valence-electron chi connectivity index (χ3n) is 7.32. The van der Waals surface area contributed by atoms with Gasteiger partial charge in [-0.1, -0.05) is 60.7 Å². The molecule has 2 heterocycles. The second-order valence-electron chi connectivity index (χ2n) is 8.72. The van der Waals surface area contributed by atoms with E-state index < -0.39 is 5.41 Å². The van der Waals surface area contributed by atoms with Crippen molar-refractivity contribution in [3.05, 3.63) is 71.8 Å². The van der Waals surface area contributed by atoms with Crippen LogP contribution in [0.4, 0.5) is 0 Å². The van der Waals surface area contributed by atoms with Crippen LogP contribution in [-0.2, 0) is 14.9 Å². The number of rotatable bonds is 4. The molecule has 0 radical (unpaired) electrons. The third kappa shape index (κ3) is 2.63. The van der Waals surface area contributed by atoms with E-state index in [1.54, 1.807) is 0 Å². The molecule has 3 fully saturated rings. The Bertz CT molecular complexity index is 776. The van der Waals surface area contributed by atoms with Crippen LogP contribution < -0.4 is 0 Å². The zero-order chi connectivity index (χ0) is 18.6. The molecule has 0 N–H and O–H groups in total. The number of fused-ring (bicyclic) bond motifs is 5. The van der Waals surface area contributed by atoms with Crippen molar-refractivity contribution < 1.29 is 9.53 Å². The maximum absolute atomic E-state index is 13.5. The molecular formula is C24H27NO2. The Kier molecular flexibility index (Phi) is 3.90. The van der Waals surface area contributed by atoms with E-state index >= 15 is 0 Å². The van der Waals surface area contributed by atoms with Crippen LogP contribution in [-0.4, -0.2) is 36.1 Å². The van der Waals surface area contributed by atoms with Gasteiger partial charge in [0.25, 0.3) is 0 Å². The minimum absolute atomic E-state index is 0.0447. The van der Waals surface area contributed by atoms with E-state index in [4.69, 9.17) is 4.74 Å². The van der Waals surface area contributed by atoms with Gasteiger partial charge < -0.3 is 4.74 Å². The minimum Gasteiger partial charge on any atom is -0.461 e. The molecule has 3 unspecified atom stereocenters. The fourth-order valence-electron chi connectivity index (χ4n) is 5.60. The molecule has 0 spiro atoms. The maximum Gasteiger partial charge on any atom is 0.321 e. The van der Waals surface area contributed by atoms with Gasteiger partial charge in [-0.05, 0) is 43.4 Å². The summed E-state index contributed by atoms with van der Waals surface area (Å²) in [5, 5.41) is 0. The highest BCUT2D eigenvalue weighted by molar-refractivity contribution is 5.87. The Morgan fingerprint density at radius 1 is 0.889 bits per heavy atom. The summed E-state index contributed by atoms with van der Waals surface area (Å²) in [5.41, 5.74) is 1.19. The van der Waals surface area contributed by atoms with E-state index in [2.05, 4.69) is 11.9 Å². The van der Waals surface area contributed by atoms with Gasteiger partial charge in [-0.25, -0.2) is 0 Å². The summed E-state index contributed by atoms with van der Waals surface area (Å²) in [4.78, 5) is 16.0. The van der Waals surface area contributed by atoms with Crippen LogP contribution >= 0.6 is 0 Å². The Morgan fingerprint density at radius 3 is 1.85 bits per heavy atom. The van der Waals surface area contributed by atoms with Crippen molar-refractivity contribution in [3.63, 3.8) is 0 Å². The van der Waals surface area contributed by atoms with Gasteiger partial charge in [-0.3, -0.25) is 9.69 Å². The normalized spacial score (nSPS) is 32.0. The second kappa shape index (κ2) is 6.20. The molecule has 2 saturated heterocycles. The number of hydrogen-bond acceptors (Lipinski definition) is 3. The second-order valence-corrected chi connectivity index (χ2v) is 8.72. The van der Waals surface area contributed by atoms with E-state index in [0.717, 1.165) is 35.8 Å². The first-order valence-corrected chi connectivity index (χ1v) is 10.1. The molecule has 140 valence electrons. The summed E-state index contributed by atoms with van der Waals surface area (Å²) in [7, 11) is 2.25. The summed E-state index contributed by atoms with van der Waals surface area (Å²) in [5.74, 6) is 1.57.